The van der Waals surface area contributed by atoms with Gasteiger partial charge in [-0.05, 0) is 52.7 Å². The molecule has 0 saturated carbocycles. The van der Waals surface area contributed by atoms with Crippen molar-refractivity contribution in [2.45, 2.75) is 19.8 Å². The third-order valence-electron chi connectivity index (χ3n) is 3.20. The molecule has 0 fully saturated rings. The first kappa shape index (κ1) is 14.8. The largest absolute Gasteiger partial charge is 0.341 e. The van der Waals surface area contributed by atoms with E-state index in [9.17, 15) is 4.79 Å². The molecule has 0 unspecified atom stereocenters. The molecule has 0 aromatic heterocycles. The van der Waals surface area contributed by atoms with Crippen LogP contribution in [-0.4, -0.2) is 12.8 Å². The molecule has 2 rings (SSSR count). The summed E-state index contributed by atoms with van der Waals surface area (Å²) in [5, 5.41) is 0. The fraction of sp³-hybridized carbons (Fsp3) is 0.235. The topological polar surface area (TPSA) is 20.3 Å². The van der Waals surface area contributed by atoms with Crippen LogP contribution in [0.2, 0.25) is 0 Å². The normalized spacial score (nSPS) is 10.3. The van der Waals surface area contributed by atoms with Crippen LogP contribution in [0.4, 0.5) is 11.4 Å². The zero-order valence-corrected chi connectivity index (χ0v) is 13.1. The first-order chi connectivity index (χ1) is 9.76. The van der Waals surface area contributed by atoms with E-state index in [0.717, 1.165) is 35.8 Å². The monoisotopic (exact) mass is 331 g/mol. The van der Waals surface area contributed by atoms with Gasteiger partial charge in [-0.25, -0.2) is 0 Å². The van der Waals surface area contributed by atoms with Crippen molar-refractivity contribution in [2.75, 3.05) is 11.4 Å². The molecule has 3 heteroatoms. The van der Waals surface area contributed by atoms with Crippen LogP contribution in [0, 0.1) is 0 Å². The fourth-order valence-electron chi connectivity index (χ4n) is 2.13. The van der Waals surface area contributed by atoms with Gasteiger partial charge in [-0.15, -0.1) is 0 Å². The van der Waals surface area contributed by atoms with Gasteiger partial charge in [0.1, 0.15) is 6.29 Å². The average Bonchev–Trinajstić information content (AvgIpc) is 2.50. The minimum atomic E-state index is 0.684. The van der Waals surface area contributed by atoms with Gasteiger partial charge in [-0.3, -0.25) is 4.79 Å². The highest BCUT2D eigenvalue weighted by atomic mass is 79.9. The molecule has 0 aliphatic carbocycles. The summed E-state index contributed by atoms with van der Waals surface area (Å²) in [6.45, 7) is 3.15. The summed E-state index contributed by atoms with van der Waals surface area (Å²) in [4.78, 5) is 13.1. The summed E-state index contributed by atoms with van der Waals surface area (Å²) in [7, 11) is 0. The molecule has 0 bridgehead atoms. The van der Waals surface area contributed by atoms with E-state index in [1.807, 2.05) is 36.4 Å². The van der Waals surface area contributed by atoms with E-state index >= 15 is 0 Å². The van der Waals surface area contributed by atoms with Crippen molar-refractivity contribution < 1.29 is 4.79 Å². The van der Waals surface area contributed by atoms with E-state index in [0.29, 0.717) is 5.56 Å². The lowest BCUT2D eigenvalue weighted by molar-refractivity contribution is 0.112. The number of anilines is 2. The lowest BCUT2D eigenvalue weighted by Crippen LogP contribution is -2.18. The van der Waals surface area contributed by atoms with E-state index in [-0.39, 0.29) is 0 Å². The number of para-hydroxylation sites is 1. The van der Waals surface area contributed by atoms with Gasteiger partial charge in [0, 0.05) is 22.3 Å². The van der Waals surface area contributed by atoms with E-state index in [1.165, 1.54) is 5.69 Å². The molecule has 2 aromatic carbocycles. The Morgan fingerprint density at radius 3 is 2.50 bits per heavy atom. The van der Waals surface area contributed by atoms with E-state index in [4.69, 9.17) is 0 Å². The Labute approximate surface area is 128 Å². The Morgan fingerprint density at radius 1 is 1.15 bits per heavy atom. The number of nitrogens with zero attached hydrogens (tertiary/aromatic N) is 1. The summed E-state index contributed by atoms with van der Waals surface area (Å²) in [5.41, 5.74) is 2.94. The molecule has 0 radical (unpaired) electrons. The molecule has 0 saturated heterocycles. The maximum absolute atomic E-state index is 10.8. The van der Waals surface area contributed by atoms with Crippen molar-refractivity contribution in [3.05, 3.63) is 58.6 Å². The molecular formula is C17H18BrNO. The number of halogens is 1. The third-order valence-corrected chi connectivity index (χ3v) is 3.84. The second-order valence-corrected chi connectivity index (χ2v) is 5.52. The smallest absolute Gasteiger partial charge is 0.150 e. The summed E-state index contributed by atoms with van der Waals surface area (Å²) in [6, 6.07) is 16.0. The maximum Gasteiger partial charge on any atom is 0.150 e. The quantitative estimate of drug-likeness (QED) is 0.678. The van der Waals surface area contributed by atoms with Gasteiger partial charge in [0.2, 0.25) is 0 Å². The molecule has 0 atom stereocenters. The van der Waals surface area contributed by atoms with Gasteiger partial charge in [-0.1, -0.05) is 31.5 Å². The summed E-state index contributed by atoms with van der Waals surface area (Å²) >= 11 is 3.58. The number of benzene rings is 2. The highest BCUT2D eigenvalue weighted by Crippen LogP contribution is 2.32. The zero-order chi connectivity index (χ0) is 14.4. The van der Waals surface area contributed by atoms with Crippen LogP contribution in [0.15, 0.2) is 53.0 Å². The van der Waals surface area contributed by atoms with Crippen LogP contribution in [0.3, 0.4) is 0 Å². The predicted octanol–water partition coefficient (Wildman–Crippen LogP) is 5.20. The highest BCUT2D eigenvalue weighted by Gasteiger charge is 2.12. The number of hydrogen-bond donors (Lipinski definition) is 0. The third kappa shape index (κ3) is 3.48. The average molecular weight is 332 g/mol. The molecule has 104 valence electrons. The van der Waals surface area contributed by atoms with Crippen LogP contribution in [0.5, 0.6) is 0 Å². The van der Waals surface area contributed by atoms with Gasteiger partial charge >= 0.3 is 0 Å². The van der Waals surface area contributed by atoms with E-state index in [1.54, 1.807) is 0 Å². The number of aldehydes is 1. The van der Waals surface area contributed by atoms with Crippen LogP contribution >= 0.6 is 15.9 Å². The van der Waals surface area contributed by atoms with Gasteiger partial charge in [0.15, 0.2) is 0 Å². The number of carbonyl (C=O) groups is 1. The second-order valence-electron chi connectivity index (χ2n) is 4.67. The van der Waals surface area contributed by atoms with Crippen molar-refractivity contribution in [1.82, 2.24) is 0 Å². The Bertz CT molecular complexity index is 568. The number of unbranched alkanes of at least 4 members (excludes halogenated alkanes) is 1. The first-order valence-corrected chi connectivity index (χ1v) is 7.63. The zero-order valence-electron chi connectivity index (χ0n) is 11.6. The molecule has 0 aliphatic heterocycles. The van der Waals surface area contributed by atoms with Crippen molar-refractivity contribution in [3.63, 3.8) is 0 Å². The predicted molar refractivity (Wildman–Crippen MR) is 87.9 cm³/mol. The molecule has 2 nitrogen and oxygen atoms in total. The van der Waals surface area contributed by atoms with Crippen molar-refractivity contribution in [2.24, 2.45) is 0 Å². The molecule has 0 spiro atoms. The van der Waals surface area contributed by atoms with Crippen molar-refractivity contribution in [1.29, 1.82) is 0 Å². The molecular weight excluding hydrogens is 314 g/mol. The Balaban J connectivity index is 2.38. The van der Waals surface area contributed by atoms with Crippen molar-refractivity contribution >= 4 is 33.6 Å². The fourth-order valence-corrected chi connectivity index (χ4v) is 2.74. The van der Waals surface area contributed by atoms with Crippen LogP contribution in [0.1, 0.15) is 30.1 Å². The molecule has 0 aliphatic rings. The van der Waals surface area contributed by atoms with Gasteiger partial charge < -0.3 is 4.90 Å². The molecule has 0 amide bonds. The molecule has 20 heavy (non-hydrogen) atoms. The standard InChI is InChI=1S/C17H18BrNO/c1-2-3-11-19(15-7-5-4-6-8-15)17-10-9-14(13-20)12-16(17)18/h4-10,12-13H,2-3,11H2,1H3. The van der Waals surface area contributed by atoms with E-state index in [2.05, 4.69) is 39.9 Å². The summed E-state index contributed by atoms with van der Waals surface area (Å²) < 4.78 is 0.946. The summed E-state index contributed by atoms with van der Waals surface area (Å²) in [6.07, 6.45) is 3.14. The van der Waals surface area contributed by atoms with E-state index < -0.39 is 0 Å². The number of rotatable bonds is 6. The molecule has 0 N–H and O–H groups in total. The van der Waals surface area contributed by atoms with Gasteiger partial charge in [-0.2, -0.15) is 0 Å². The molecule has 2 aromatic rings. The highest BCUT2D eigenvalue weighted by molar-refractivity contribution is 9.10. The summed E-state index contributed by atoms with van der Waals surface area (Å²) in [5.74, 6) is 0. The minimum Gasteiger partial charge on any atom is -0.341 e. The second kappa shape index (κ2) is 7.25. The molecule has 0 heterocycles. The SMILES string of the molecule is CCCCN(c1ccccc1)c1ccc(C=O)cc1Br. The Morgan fingerprint density at radius 2 is 1.90 bits per heavy atom. The van der Waals surface area contributed by atoms with Crippen LogP contribution in [0.25, 0.3) is 0 Å². The number of carbonyl (C=O) groups excluding carboxylic acids is 1. The van der Waals surface area contributed by atoms with Crippen molar-refractivity contribution in [3.8, 4) is 0 Å². The Hall–Kier alpha value is -1.61. The minimum absolute atomic E-state index is 0.684. The van der Waals surface area contributed by atoms with Gasteiger partial charge in [0.05, 0.1) is 5.69 Å². The lowest BCUT2D eigenvalue weighted by Gasteiger charge is -2.26. The number of hydrogen-bond acceptors (Lipinski definition) is 2. The Kier molecular flexibility index (Phi) is 5.36. The van der Waals surface area contributed by atoms with Gasteiger partial charge in [0.25, 0.3) is 0 Å². The first-order valence-electron chi connectivity index (χ1n) is 6.83. The maximum atomic E-state index is 10.8. The lowest BCUT2D eigenvalue weighted by atomic mass is 10.1. The van der Waals surface area contributed by atoms with Crippen LogP contribution < -0.4 is 4.90 Å². The van der Waals surface area contributed by atoms with Crippen LogP contribution in [-0.2, 0) is 0 Å².